The van der Waals surface area contributed by atoms with E-state index in [1.165, 1.54) is 12.8 Å². The number of nitrogens with zero attached hydrogens (tertiary/aromatic N) is 2. The highest BCUT2D eigenvalue weighted by Gasteiger charge is 2.32. The van der Waals surface area contributed by atoms with E-state index in [4.69, 9.17) is 0 Å². The van der Waals surface area contributed by atoms with Gasteiger partial charge in [-0.1, -0.05) is 26.7 Å². The minimum atomic E-state index is -0.00721. The van der Waals surface area contributed by atoms with E-state index in [0.717, 1.165) is 44.9 Å². The number of guanidine groups is 1. The Bertz CT molecular complexity index is 500. The number of likely N-dealkylation sites (tertiary alicyclic amines) is 1. The van der Waals surface area contributed by atoms with Crippen LogP contribution in [-0.4, -0.2) is 61.4 Å². The normalized spacial score (nSPS) is 21.3. The molecule has 2 amide bonds. The fourth-order valence-electron chi connectivity index (χ4n) is 3.57. The van der Waals surface area contributed by atoms with Gasteiger partial charge in [-0.05, 0) is 26.2 Å². The topological polar surface area (TPSA) is 85.8 Å². The van der Waals surface area contributed by atoms with Gasteiger partial charge >= 0.3 is 0 Å². The Balaban J connectivity index is 1.77. The van der Waals surface area contributed by atoms with Gasteiger partial charge in [-0.25, -0.2) is 0 Å². The Kier molecular flexibility index (Phi) is 8.19. The summed E-state index contributed by atoms with van der Waals surface area (Å²) in [5, 5.41) is 9.55. The second kappa shape index (κ2) is 10.4. The first kappa shape index (κ1) is 20.5. The van der Waals surface area contributed by atoms with Gasteiger partial charge in [0.05, 0.1) is 6.54 Å². The van der Waals surface area contributed by atoms with Crippen molar-refractivity contribution in [1.82, 2.24) is 20.9 Å². The van der Waals surface area contributed by atoms with E-state index < -0.39 is 0 Å². The highest BCUT2D eigenvalue weighted by molar-refractivity contribution is 5.81. The largest absolute Gasteiger partial charge is 0.357 e. The molecule has 0 spiro atoms. The zero-order valence-electron chi connectivity index (χ0n) is 16.5. The fraction of sp³-hybridized carbons (Fsp3) is 0.842. The smallest absolute Gasteiger partial charge is 0.225 e. The molecule has 2 rings (SSSR count). The van der Waals surface area contributed by atoms with Crippen LogP contribution in [0.3, 0.4) is 0 Å². The molecule has 1 aliphatic carbocycles. The number of hydrogen-bond donors (Lipinski definition) is 3. The van der Waals surface area contributed by atoms with Crippen LogP contribution in [0.5, 0.6) is 0 Å². The lowest BCUT2D eigenvalue weighted by Crippen LogP contribution is -2.45. The van der Waals surface area contributed by atoms with Crippen molar-refractivity contribution < 1.29 is 9.59 Å². The van der Waals surface area contributed by atoms with Crippen LogP contribution in [0.25, 0.3) is 0 Å². The van der Waals surface area contributed by atoms with Crippen molar-refractivity contribution in [1.29, 1.82) is 0 Å². The first-order valence-corrected chi connectivity index (χ1v) is 10.1. The number of amides is 2. The Morgan fingerprint density at radius 2 is 1.88 bits per heavy atom. The molecule has 1 saturated heterocycles. The van der Waals surface area contributed by atoms with E-state index in [-0.39, 0.29) is 23.8 Å². The Labute approximate surface area is 157 Å². The van der Waals surface area contributed by atoms with Gasteiger partial charge in [0.15, 0.2) is 5.96 Å². The van der Waals surface area contributed by atoms with Crippen LogP contribution in [0.2, 0.25) is 0 Å². The Hall–Kier alpha value is -1.79. The van der Waals surface area contributed by atoms with Crippen molar-refractivity contribution in [3.05, 3.63) is 0 Å². The average Bonchev–Trinajstić information content (AvgIpc) is 3.29. The van der Waals surface area contributed by atoms with E-state index in [1.54, 1.807) is 0 Å². The first-order valence-electron chi connectivity index (χ1n) is 10.1. The van der Waals surface area contributed by atoms with Crippen molar-refractivity contribution in [2.45, 2.75) is 58.9 Å². The molecule has 0 bridgehead atoms. The van der Waals surface area contributed by atoms with E-state index >= 15 is 0 Å². The van der Waals surface area contributed by atoms with E-state index in [2.05, 4.69) is 20.9 Å². The van der Waals surface area contributed by atoms with E-state index in [9.17, 15) is 9.59 Å². The third-order valence-corrected chi connectivity index (χ3v) is 5.09. The summed E-state index contributed by atoms with van der Waals surface area (Å²) >= 11 is 0. The van der Waals surface area contributed by atoms with Gasteiger partial charge in [0.1, 0.15) is 0 Å². The number of aliphatic imine (C=N–C) groups is 1. The number of hydrogen-bond acceptors (Lipinski definition) is 3. The van der Waals surface area contributed by atoms with Crippen LogP contribution in [-0.2, 0) is 9.59 Å². The monoisotopic (exact) mass is 365 g/mol. The zero-order chi connectivity index (χ0) is 18.9. The molecule has 0 aromatic carbocycles. The van der Waals surface area contributed by atoms with Crippen LogP contribution in [0.4, 0.5) is 0 Å². The molecule has 3 N–H and O–H groups in total. The second-order valence-electron chi connectivity index (χ2n) is 7.60. The van der Waals surface area contributed by atoms with Crippen molar-refractivity contribution >= 4 is 17.8 Å². The number of carbonyl (C=O) groups is 2. The molecular weight excluding hydrogens is 330 g/mol. The van der Waals surface area contributed by atoms with Crippen LogP contribution in [0.1, 0.15) is 52.9 Å². The summed E-state index contributed by atoms with van der Waals surface area (Å²) in [7, 11) is 0. The molecule has 1 unspecified atom stereocenters. The molecule has 1 saturated carbocycles. The average molecular weight is 366 g/mol. The van der Waals surface area contributed by atoms with Gasteiger partial charge in [-0.15, -0.1) is 0 Å². The maximum absolute atomic E-state index is 12.5. The van der Waals surface area contributed by atoms with Crippen LogP contribution in [0, 0.1) is 11.8 Å². The quantitative estimate of drug-likeness (QED) is 0.358. The van der Waals surface area contributed by atoms with Gasteiger partial charge in [0, 0.05) is 44.1 Å². The number of carbonyl (C=O) groups excluding carboxylic acids is 2. The van der Waals surface area contributed by atoms with Gasteiger partial charge in [-0.2, -0.15) is 0 Å². The summed E-state index contributed by atoms with van der Waals surface area (Å²) in [4.78, 5) is 30.7. The van der Waals surface area contributed by atoms with E-state index in [0.29, 0.717) is 19.0 Å². The maximum Gasteiger partial charge on any atom is 0.225 e. The molecule has 26 heavy (non-hydrogen) atoms. The summed E-state index contributed by atoms with van der Waals surface area (Å²) in [6, 6.07) is 0.239. The fourth-order valence-corrected chi connectivity index (χ4v) is 3.57. The number of rotatable bonds is 7. The van der Waals surface area contributed by atoms with E-state index in [1.807, 2.05) is 25.7 Å². The Morgan fingerprint density at radius 3 is 2.54 bits per heavy atom. The lowest BCUT2D eigenvalue weighted by Gasteiger charge is -2.21. The van der Waals surface area contributed by atoms with Crippen molar-refractivity contribution in [3.8, 4) is 0 Å². The highest BCUT2D eigenvalue weighted by atomic mass is 16.2. The third-order valence-electron chi connectivity index (χ3n) is 5.09. The third kappa shape index (κ3) is 6.18. The van der Waals surface area contributed by atoms with Gasteiger partial charge in [0.2, 0.25) is 11.8 Å². The molecule has 0 radical (unpaired) electrons. The summed E-state index contributed by atoms with van der Waals surface area (Å²) in [5.41, 5.74) is 0. The second-order valence-corrected chi connectivity index (χ2v) is 7.60. The molecule has 0 aromatic heterocycles. The summed E-state index contributed by atoms with van der Waals surface area (Å²) in [5.74, 6) is 1.39. The minimum Gasteiger partial charge on any atom is -0.357 e. The molecule has 7 heteroatoms. The molecule has 1 heterocycles. The molecule has 2 fully saturated rings. The summed E-state index contributed by atoms with van der Waals surface area (Å²) in [6.07, 6.45) is 5.44. The maximum atomic E-state index is 12.5. The minimum absolute atomic E-state index is 0.00721. The van der Waals surface area contributed by atoms with Crippen molar-refractivity contribution in [2.75, 3.05) is 32.7 Å². The predicted octanol–water partition coefficient (Wildman–Crippen LogP) is 1.10. The molecule has 1 atom stereocenters. The summed E-state index contributed by atoms with van der Waals surface area (Å²) in [6.45, 7) is 9.21. The molecule has 148 valence electrons. The standard InChI is InChI=1S/C19H35N5O2/c1-4-20-19(22-11-10-21-17(25)14(2)3)23-16-9-12-24(13-16)18(26)15-7-5-6-8-15/h14-16H,4-13H2,1-3H3,(H,21,25)(H2,20,22,23). The first-order chi connectivity index (χ1) is 12.5. The van der Waals surface area contributed by atoms with Crippen LogP contribution >= 0.6 is 0 Å². The molecule has 1 aliphatic heterocycles. The van der Waals surface area contributed by atoms with Crippen molar-refractivity contribution in [2.24, 2.45) is 16.8 Å². The van der Waals surface area contributed by atoms with Gasteiger partial charge in [-0.3, -0.25) is 14.6 Å². The SMILES string of the molecule is CCNC(=NCCNC(=O)C(C)C)NC1CCN(C(=O)C2CCCC2)C1. The van der Waals surface area contributed by atoms with Gasteiger partial charge in [0.25, 0.3) is 0 Å². The van der Waals surface area contributed by atoms with Crippen LogP contribution in [0.15, 0.2) is 4.99 Å². The van der Waals surface area contributed by atoms with Crippen LogP contribution < -0.4 is 16.0 Å². The van der Waals surface area contributed by atoms with Crippen molar-refractivity contribution in [3.63, 3.8) is 0 Å². The molecular formula is C19H35N5O2. The molecule has 7 nitrogen and oxygen atoms in total. The molecule has 2 aliphatic rings. The lowest BCUT2D eigenvalue weighted by atomic mass is 10.1. The lowest BCUT2D eigenvalue weighted by molar-refractivity contribution is -0.134. The number of nitrogens with one attached hydrogen (secondary N) is 3. The highest BCUT2D eigenvalue weighted by Crippen LogP contribution is 2.27. The zero-order valence-corrected chi connectivity index (χ0v) is 16.5. The van der Waals surface area contributed by atoms with Gasteiger partial charge < -0.3 is 20.9 Å². The Morgan fingerprint density at radius 1 is 1.15 bits per heavy atom. The predicted molar refractivity (Wildman–Crippen MR) is 104 cm³/mol. The summed E-state index contributed by atoms with van der Waals surface area (Å²) < 4.78 is 0. The molecule has 0 aromatic rings.